The van der Waals surface area contributed by atoms with E-state index in [2.05, 4.69) is 16.5 Å². The second-order valence-electron chi connectivity index (χ2n) is 11.6. The van der Waals surface area contributed by atoms with Crippen molar-refractivity contribution in [1.29, 1.82) is 0 Å². The second-order valence-corrected chi connectivity index (χ2v) is 11.6. The number of nitrogens with zero attached hydrogens (tertiary/aromatic N) is 7. The van der Waals surface area contributed by atoms with Gasteiger partial charge < -0.3 is 24.6 Å². The highest BCUT2D eigenvalue weighted by molar-refractivity contribution is 6.10. The van der Waals surface area contributed by atoms with E-state index in [1.54, 1.807) is 22.1 Å². The van der Waals surface area contributed by atoms with Crippen LogP contribution in [0.5, 0.6) is 0 Å². The molecule has 11 nitrogen and oxygen atoms in total. The number of imidazole rings is 1. The molecule has 6 rings (SSSR count). The first-order chi connectivity index (χ1) is 21.8. The minimum Gasteiger partial charge on any atom is -0.361 e. The van der Waals surface area contributed by atoms with Crippen molar-refractivity contribution in [3.8, 4) is 0 Å². The van der Waals surface area contributed by atoms with Crippen molar-refractivity contribution in [2.75, 3.05) is 59.4 Å². The van der Waals surface area contributed by atoms with E-state index in [9.17, 15) is 27.6 Å². The number of pyridine rings is 1. The first-order valence-electron chi connectivity index (χ1n) is 14.7. The van der Waals surface area contributed by atoms with Crippen LogP contribution in [0, 0.1) is 18.7 Å². The molecule has 0 saturated carbocycles. The van der Waals surface area contributed by atoms with E-state index in [1.807, 2.05) is 4.90 Å². The van der Waals surface area contributed by atoms with Gasteiger partial charge in [-0.05, 0) is 37.3 Å². The van der Waals surface area contributed by atoms with Crippen molar-refractivity contribution in [1.82, 2.24) is 19.9 Å². The highest BCUT2D eigenvalue weighted by Crippen LogP contribution is 2.41. The number of amides is 3. The number of rotatable bonds is 5. The summed E-state index contributed by atoms with van der Waals surface area (Å²) in [6, 6.07) is 4.82. The van der Waals surface area contributed by atoms with Gasteiger partial charge in [0.2, 0.25) is 23.7 Å². The molecule has 5 heterocycles. The number of hydrogen-bond donors (Lipinski definition) is 1. The zero-order valence-electron chi connectivity index (χ0n) is 25.2. The Labute approximate surface area is 262 Å². The van der Waals surface area contributed by atoms with E-state index in [-0.39, 0.29) is 48.3 Å². The Hall–Kier alpha value is -4.95. The Kier molecular flexibility index (Phi) is 7.94. The van der Waals surface area contributed by atoms with Crippen molar-refractivity contribution in [2.45, 2.75) is 32.1 Å². The highest BCUT2D eigenvalue weighted by atomic mass is 19.4. The average molecular weight is 641 g/mol. The average Bonchev–Trinajstić information content (AvgIpc) is 3.62. The van der Waals surface area contributed by atoms with Crippen LogP contribution in [-0.2, 0) is 27.1 Å². The Morgan fingerprint density at radius 1 is 1.13 bits per heavy atom. The predicted molar refractivity (Wildman–Crippen MR) is 162 cm³/mol. The summed E-state index contributed by atoms with van der Waals surface area (Å²) < 4.78 is 56.6. The van der Waals surface area contributed by atoms with Crippen LogP contribution in [-0.4, -0.2) is 83.4 Å². The smallest absolute Gasteiger partial charge is 0.361 e. The van der Waals surface area contributed by atoms with E-state index in [1.165, 1.54) is 37.1 Å². The lowest BCUT2D eigenvalue weighted by atomic mass is 9.95. The first kappa shape index (κ1) is 31.0. The maximum absolute atomic E-state index is 15.6. The number of aromatic amines is 1. The molecule has 3 amide bonds. The summed E-state index contributed by atoms with van der Waals surface area (Å²) in [4.78, 5) is 59.2. The molecule has 3 aliphatic heterocycles. The van der Waals surface area contributed by atoms with Gasteiger partial charge in [0, 0.05) is 64.0 Å². The third-order valence-corrected chi connectivity index (χ3v) is 8.66. The van der Waals surface area contributed by atoms with Crippen molar-refractivity contribution in [2.24, 2.45) is 5.92 Å². The number of para-hydroxylation sites is 1. The number of aromatic nitrogens is 3. The summed E-state index contributed by atoms with van der Waals surface area (Å²) in [7, 11) is 1.45. The number of nitrogens with one attached hydrogen (secondary N) is 1. The highest BCUT2D eigenvalue weighted by Gasteiger charge is 2.49. The summed E-state index contributed by atoms with van der Waals surface area (Å²) in [5.41, 5.74) is 0.0302. The number of hydrogen-bond acceptors (Lipinski definition) is 7. The zero-order chi connectivity index (χ0) is 32.9. The minimum atomic E-state index is -4.68. The van der Waals surface area contributed by atoms with Crippen molar-refractivity contribution < 1.29 is 31.9 Å². The molecule has 46 heavy (non-hydrogen) atoms. The lowest BCUT2D eigenvalue weighted by molar-refractivity contribution is -0.137. The summed E-state index contributed by atoms with van der Waals surface area (Å²) in [5, 5.41) is 0. The van der Waals surface area contributed by atoms with E-state index in [0.717, 1.165) is 17.0 Å². The van der Waals surface area contributed by atoms with Crippen LogP contribution in [0.4, 0.5) is 40.7 Å². The van der Waals surface area contributed by atoms with Crippen molar-refractivity contribution >= 4 is 40.9 Å². The number of benzene rings is 1. The molecule has 15 heteroatoms. The third kappa shape index (κ3) is 5.65. The standard InChI is InChI=1S/C31H32F4N8O3/c1-4-25(44)40-8-10-41(11-9-40)30-36-15-21(38-30)17-42-16-19-13-26(45)43(24-14-20(31(33,34)35)12-18(2)37-24)27(19)29(46)39(3)23-7-5-6-22(32)28(23)42/h4-7,12,14-15,19,27H,1,8-11,13,16-17H2,2-3H3,(H,36,38)/t19-,27+/m1/s1. The SMILES string of the molecule is C=CC(=O)N1CCN(c2nc(CN3C[C@H]4CC(=O)N(c5cc(C(F)(F)F)cc(C)n5)[C@@H]4C(=O)N(C)c4cccc(F)c43)c[nH]2)CC1. The number of fused-ring (bicyclic) bond motifs is 2. The van der Waals surface area contributed by atoms with Gasteiger partial charge in [0.05, 0.1) is 29.2 Å². The monoisotopic (exact) mass is 640 g/mol. The van der Waals surface area contributed by atoms with E-state index < -0.39 is 41.3 Å². The lowest BCUT2D eigenvalue weighted by Gasteiger charge is -2.38. The maximum atomic E-state index is 15.6. The Balaban J connectivity index is 1.32. The van der Waals surface area contributed by atoms with Gasteiger partial charge in [0.15, 0.2) is 0 Å². The summed E-state index contributed by atoms with van der Waals surface area (Å²) in [5.74, 6) is -2.19. The number of aryl methyl sites for hydroxylation is 1. The molecular formula is C31H32F4N8O3. The molecule has 0 aliphatic carbocycles. The molecule has 242 valence electrons. The van der Waals surface area contributed by atoms with Crippen LogP contribution in [0.25, 0.3) is 0 Å². The molecule has 0 unspecified atom stereocenters. The lowest BCUT2D eigenvalue weighted by Crippen LogP contribution is -2.52. The van der Waals surface area contributed by atoms with Crippen molar-refractivity contribution in [3.05, 3.63) is 72.0 Å². The molecule has 3 aliphatic rings. The van der Waals surface area contributed by atoms with Crippen LogP contribution in [0.1, 0.15) is 23.4 Å². The second kappa shape index (κ2) is 11.8. The number of H-pyrrole nitrogens is 1. The molecule has 2 fully saturated rings. The minimum absolute atomic E-state index is 0.0445. The third-order valence-electron chi connectivity index (χ3n) is 8.66. The van der Waals surface area contributed by atoms with Gasteiger partial charge in [0.1, 0.15) is 17.7 Å². The van der Waals surface area contributed by atoms with Crippen LogP contribution in [0.3, 0.4) is 0 Å². The Morgan fingerprint density at radius 2 is 1.87 bits per heavy atom. The van der Waals surface area contributed by atoms with Gasteiger partial charge in [-0.3, -0.25) is 19.3 Å². The van der Waals surface area contributed by atoms with E-state index in [0.29, 0.717) is 37.8 Å². The number of halogens is 4. The number of alkyl halides is 3. The summed E-state index contributed by atoms with van der Waals surface area (Å²) >= 11 is 0. The van der Waals surface area contributed by atoms with Crippen LogP contribution < -0.4 is 19.6 Å². The van der Waals surface area contributed by atoms with Gasteiger partial charge in [-0.2, -0.15) is 13.2 Å². The molecule has 0 bridgehead atoms. The van der Waals surface area contributed by atoms with Gasteiger partial charge in [-0.25, -0.2) is 14.4 Å². The topological polar surface area (TPSA) is 109 Å². The fourth-order valence-electron chi connectivity index (χ4n) is 6.46. The molecule has 0 radical (unpaired) electrons. The van der Waals surface area contributed by atoms with Gasteiger partial charge in [-0.15, -0.1) is 0 Å². The maximum Gasteiger partial charge on any atom is 0.416 e. The van der Waals surface area contributed by atoms with Crippen LogP contribution in [0.15, 0.2) is 49.2 Å². The zero-order valence-corrected chi connectivity index (χ0v) is 25.2. The Bertz CT molecular complexity index is 1700. The normalized spacial score (nSPS) is 20.4. The van der Waals surface area contributed by atoms with Gasteiger partial charge >= 0.3 is 6.18 Å². The number of piperazine rings is 1. The molecule has 3 aromatic rings. The predicted octanol–water partition coefficient (Wildman–Crippen LogP) is 3.51. The largest absolute Gasteiger partial charge is 0.416 e. The summed E-state index contributed by atoms with van der Waals surface area (Å²) in [6.07, 6.45) is -1.85. The van der Waals surface area contributed by atoms with E-state index in [4.69, 9.17) is 4.98 Å². The fraction of sp³-hybridized carbons (Fsp3) is 0.387. The van der Waals surface area contributed by atoms with E-state index >= 15 is 4.39 Å². The first-order valence-corrected chi connectivity index (χ1v) is 14.7. The molecule has 0 spiro atoms. The fourth-order valence-corrected chi connectivity index (χ4v) is 6.46. The molecule has 2 atom stereocenters. The van der Waals surface area contributed by atoms with Gasteiger partial charge in [0.25, 0.3) is 0 Å². The number of anilines is 4. The van der Waals surface area contributed by atoms with Gasteiger partial charge in [-0.1, -0.05) is 12.6 Å². The number of carbonyl (C=O) groups is 3. The number of likely N-dealkylation sites (N-methyl/N-ethyl adjacent to an activating group) is 1. The van der Waals surface area contributed by atoms with Crippen LogP contribution in [0.2, 0.25) is 0 Å². The van der Waals surface area contributed by atoms with Crippen molar-refractivity contribution in [3.63, 3.8) is 0 Å². The molecule has 1 aromatic carbocycles. The molecule has 2 aromatic heterocycles. The Morgan fingerprint density at radius 3 is 2.57 bits per heavy atom. The molecule has 2 saturated heterocycles. The quantitative estimate of drug-likeness (QED) is 0.336. The molecule has 1 N–H and O–H groups in total. The molecular weight excluding hydrogens is 608 g/mol. The van der Waals surface area contributed by atoms with Crippen LogP contribution >= 0.6 is 0 Å². The number of carbonyl (C=O) groups excluding carboxylic acids is 3. The summed E-state index contributed by atoms with van der Waals surface area (Å²) in [6.45, 7) is 7.17.